The van der Waals surface area contributed by atoms with Crippen LogP contribution >= 0.6 is 0 Å². The molecule has 0 heterocycles. The summed E-state index contributed by atoms with van der Waals surface area (Å²) in [5, 5.41) is 3.36. The molecule has 0 atom stereocenters. The zero-order valence-corrected chi connectivity index (χ0v) is 9.97. The number of methoxy groups -OCH3 is 1. The number of rotatable bonds is 6. The van der Waals surface area contributed by atoms with Gasteiger partial charge in [0.15, 0.2) is 0 Å². The molecular weight excluding hydrogens is 186 g/mol. The molecule has 0 amide bonds. The molecule has 0 aliphatic carbocycles. The number of aryl methyl sites for hydroxylation is 2. The van der Waals surface area contributed by atoms with Gasteiger partial charge in [-0.05, 0) is 43.5 Å². The van der Waals surface area contributed by atoms with E-state index in [-0.39, 0.29) is 0 Å². The van der Waals surface area contributed by atoms with Crippen LogP contribution < -0.4 is 5.32 Å². The Morgan fingerprint density at radius 3 is 2.40 bits per heavy atom. The van der Waals surface area contributed by atoms with Crippen LogP contribution in [0, 0.1) is 13.8 Å². The van der Waals surface area contributed by atoms with Gasteiger partial charge in [-0.1, -0.05) is 18.2 Å². The predicted molar refractivity (Wildman–Crippen MR) is 64.4 cm³/mol. The van der Waals surface area contributed by atoms with E-state index in [9.17, 15) is 0 Å². The highest BCUT2D eigenvalue weighted by Crippen LogP contribution is 2.13. The number of hydrogen-bond acceptors (Lipinski definition) is 2. The summed E-state index contributed by atoms with van der Waals surface area (Å²) in [7, 11) is 1.73. The summed E-state index contributed by atoms with van der Waals surface area (Å²) in [5.41, 5.74) is 4.26. The molecule has 0 bridgehead atoms. The molecule has 1 rings (SSSR count). The Kier molecular flexibility index (Phi) is 5.37. The van der Waals surface area contributed by atoms with Crippen LogP contribution in [0.5, 0.6) is 0 Å². The predicted octanol–water partition coefficient (Wildman–Crippen LogP) is 2.08. The molecule has 0 aliphatic heterocycles. The van der Waals surface area contributed by atoms with Crippen molar-refractivity contribution in [2.75, 3.05) is 26.8 Å². The van der Waals surface area contributed by atoms with E-state index >= 15 is 0 Å². The monoisotopic (exact) mass is 207 g/mol. The second-order valence-corrected chi connectivity index (χ2v) is 3.86. The fourth-order valence-corrected chi connectivity index (χ4v) is 1.76. The Balaban J connectivity index is 2.37. The summed E-state index contributed by atoms with van der Waals surface area (Å²) in [4.78, 5) is 0. The highest BCUT2D eigenvalue weighted by Gasteiger charge is 2.00. The summed E-state index contributed by atoms with van der Waals surface area (Å²) in [6, 6.07) is 6.47. The second-order valence-electron chi connectivity index (χ2n) is 3.86. The standard InChI is InChI=1S/C13H21NO/c1-11-5-4-6-12(2)13(11)7-8-14-9-10-15-3/h4-6,14H,7-10H2,1-3H3. The molecule has 1 aromatic rings. The maximum absolute atomic E-state index is 4.98. The molecule has 0 unspecified atom stereocenters. The first kappa shape index (κ1) is 12.2. The lowest BCUT2D eigenvalue weighted by Gasteiger charge is -2.10. The molecular formula is C13H21NO. The quantitative estimate of drug-likeness (QED) is 0.721. The second kappa shape index (κ2) is 6.59. The topological polar surface area (TPSA) is 21.3 Å². The lowest BCUT2D eigenvalue weighted by atomic mass is 10.0. The number of nitrogens with one attached hydrogen (secondary N) is 1. The zero-order valence-electron chi connectivity index (χ0n) is 9.97. The lowest BCUT2D eigenvalue weighted by molar-refractivity contribution is 0.199. The van der Waals surface area contributed by atoms with Gasteiger partial charge in [-0.15, -0.1) is 0 Å². The van der Waals surface area contributed by atoms with E-state index in [1.54, 1.807) is 7.11 Å². The first-order chi connectivity index (χ1) is 7.25. The number of benzene rings is 1. The van der Waals surface area contributed by atoms with Gasteiger partial charge in [0, 0.05) is 13.7 Å². The fraction of sp³-hybridized carbons (Fsp3) is 0.538. The van der Waals surface area contributed by atoms with E-state index in [0.717, 1.165) is 26.1 Å². The van der Waals surface area contributed by atoms with E-state index < -0.39 is 0 Å². The van der Waals surface area contributed by atoms with Crippen molar-refractivity contribution in [1.82, 2.24) is 5.32 Å². The Labute approximate surface area is 92.6 Å². The highest BCUT2D eigenvalue weighted by molar-refractivity contribution is 5.33. The van der Waals surface area contributed by atoms with Gasteiger partial charge in [0.1, 0.15) is 0 Å². The Morgan fingerprint density at radius 2 is 1.80 bits per heavy atom. The summed E-state index contributed by atoms with van der Waals surface area (Å²) in [5.74, 6) is 0. The van der Waals surface area contributed by atoms with Crippen LogP contribution in [-0.4, -0.2) is 26.8 Å². The van der Waals surface area contributed by atoms with Crippen molar-refractivity contribution in [2.45, 2.75) is 20.3 Å². The van der Waals surface area contributed by atoms with E-state index in [1.165, 1.54) is 16.7 Å². The Hall–Kier alpha value is -0.860. The van der Waals surface area contributed by atoms with Gasteiger partial charge < -0.3 is 10.1 Å². The third-order valence-electron chi connectivity index (χ3n) is 2.68. The van der Waals surface area contributed by atoms with E-state index in [1.807, 2.05) is 0 Å². The SMILES string of the molecule is COCCNCCc1c(C)cccc1C. The molecule has 1 aromatic carbocycles. The molecule has 0 aliphatic rings. The highest BCUT2D eigenvalue weighted by atomic mass is 16.5. The minimum Gasteiger partial charge on any atom is -0.383 e. The molecule has 15 heavy (non-hydrogen) atoms. The van der Waals surface area contributed by atoms with Crippen molar-refractivity contribution < 1.29 is 4.74 Å². The van der Waals surface area contributed by atoms with Crippen LogP contribution in [0.2, 0.25) is 0 Å². The zero-order chi connectivity index (χ0) is 11.1. The van der Waals surface area contributed by atoms with Gasteiger partial charge in [-0.3, -0.25) is 0 Å². The molecule has 2 heteroatoms. The molecule has 0 fully saturated rings. The molecule has 84 valence electrons. The average molecular weight is 207 g/mol. The normalized spacial score (nSPS) is 10.6. The van der Waals surface area contributed by atoms with E-state index in [4.69, 9.17) is 4.74 Å². The molecule has 0 saturated heterocycles. The Morgan fingerprint density at radius 1 is 1.13 bits per heavy atom. The van der Waals surface area contributed by atoms with Crippen LogP contribution in [0.25, 0.3) is 0 Å². The maximum atomic E-state index is 4.98. The van der Waals surface area contributed by atoms with Gasteiger partial charge in [0.2, 0.25) is 0 Å². The minimum atomic E-state index is 0.784. The van der Waals surface area contributed by atoms with Crippen LogP contribution in [0.15, 0.2) is 18.2 Å². The van der Waals surface area contributed by atoms with Crippen LogP contribution in [0.1, 0.15) is 16.7 Å². The summed E-state index contributed by atoms with van der Waals surface area (Å²) >= 11 is 0. The van der Waals surface area contributed by atoms with Crippen molar-refractivity contribution in [1.29, 1.82) is 0 Å². The third-order valence-corrected chi connectivity index (χ3v) is 2.68. The smallest absolute Gasteiger partial charge is 0.0587 e. The largest absolute Gasteiger partial charge is 0.383 e. The van der Waals surface area contributed by atoms with Crippen molar-refractivity contribution in [3.63, 3.8) is 0 Å². The van der Waals surface area contributed by atoms with Gasteiger partial charge in [-0.2, -0.15) is 0 Å². The van der Waals surface area contributed by atoms with Crippen molar-refractivity contribution in [3.8, 4) is 0 Å². The van der Waals surface area contributed by atoms with Gasteiger partial charge in [0.25, 0.3) is 0 Å². The summed E-state index contributed by atoms with van der Waals surface area (Å²) in [6.45, 7) is 7.10. The Bertz CT molecular complexity index is 276. The fourth-order valence-electron chi connectivity index (χ4n) is 1.76. The average Bonchev–Trinajstić information content (AvgIpc) is 2.21. The maximum Gasteiger partial charge on any atom is 0.0587 e. The van der Waals surface area contributed by atoms with Crippen molar-refractivity contribution in [2.24, 2.45) is 0 Å². The van der Waals surface area contributed by atoms with Gasteiger partial charge in [-0.25, -0.2) is 0 Å². The minimum absolute atomic E-state index is 0.784. The molecule has 0 spiro atoms. The third kappa shape index (κ3) is 4.02. The molecule has 0 aromatic heterocycles. The van der Waals surface area contributed by atoms with E-state index in [2.05, 4.69) is 37.4 Å². The number of hydrogen-bond donors (Lipinski definition) is 1. The molecule has 2 nitrogen and oxygen atoms in total. The molecule has 0 saturated carbocycles. The first-order valence-corrected chi connectivity index (χ1v) is 5.50. The van der Waals surface area contributed by atoms with Gasteiger partial charge in [0.05, 0.1) is 6.61 Å². The summed E-state index contributed by atoms with van der Waals surface area (Å²) < 4.78 is 4.98. The van der Waals surface area contributed by atoms with E-state index in [0.29, 0.717) is 0 Å². The van der Waals surface area contributed by atoms with Crippen LogP contribution in [0.4, 0.5) is 0 Å². The van der Waals surface area contributed by atoms with Crippen LogP contribution in [-0.2, 0) is 11.2 Å². The van der Waals surface area contributed by atoms with Crippen LogP contribution in [0.3, 0.4) is 0 Å². The van der Waals surface area contributed by atoms with Gasteiger partial charge >= 0.3 is 0 Å². The van der Waals surface area contributed by atoms with Crippen molar-refractivity contribution in [3.05, 3.63) is 34.9 Å². The number of ether oxygens (including phenoxy) is 1. The first-order valence-electron chi connectivity index (χ1n) is 5.50. The molecule has 0 radical (unpaired) electrons. The molecule has 1 N–H and O–H groups in total. The lowest BCUT2D eigenvalue weighted by Crippen LogP contribution is -2.22. The van der Waals surface area contributed by atoms with Crippen molar-refractivity contribution >= 4 is 0 Å². The summed E-state index contributed by atoms with van der Waals surface area (Å²) in [6.07, 6.45) is 1.10.